The summed E-state index contributed by atoms with van der Waals surface area (Å²) < 4.78 is 0. The number of carbonyl (C=O) groups is 1. The molecule has 31 heavy (non-hydrogen) atoms. The third kappa shape index (κ3) is 5.49. The van der Waals surface area contributed by atoms with E-state index in [9.17, 15) is 4.79 Å². The Hall–Kier alpha value is -1.87. The number of benzene rings is 1. The third-order valence-electron chi connectivity index (χ3n) is 5.56. The molecule has 6 nitrogen and oxygen atoms in total. The number of aromatic nitrogens is 2. The molecule has 1 aromatic carbocycles. The number of rotatable bonds is 7. The number of fused-ring (bicyclic) bond motifs is 1. The highest BCUT2D eigenvalue weighted by Crippen LogP contribution is 2.35. The molecule has 1 aliphatic heterocycles. The summed E-state index contributed by atoms with van der Waals surface area (Å²) in [6.07, 6.45) is 1.91. The van der Waals surface area contributed by atoms with Crippen LogP contribution in [0.2, 0.25) is 5.02 Å². The van der Waals surface area contributed by atoms with Crippen LogP contribution in [-0.2, 0) is 10.5 Å². The van der Waals surface area contributed by atoms with Crippen molar-refractivity contribution >= 4 is 56.6 Å². The van der Waals surface area contributed by atoms with Crippen molar-refractivity contribution < 1.29 is 4.79 Å². The molecule has 3 heterocycles. The number of nitrogens with zero attached hydrogens (tertiary/aromatic N) is 3. The van der Waals surface area contributed by atoms with E-state index in [1.54, 1.807) is 23.1 Å². The smallest absolute Gasteiger partial charge is 0.231 e. The van der Waals surface area contributed by atoms with Crippen LogP contribution in [0.1, 0.15) is 29.1 Å². The molecule has 0 saturated carbocycles. The second-order valence-electron chi connectivity index (χ2n) is 7.86. The van der Waals surface area contributed by atoms with Crippen LogP contribution >= 0.6 is 34.7 Å². The van der Waals surface area contributed by atoms with Crippen molar-refractivity contribution in [1.29, 1.82) is 0 Å². The summed E-state index contributed by atoms with van der Waals surface area (Å²) in [5, 5.41) is 5.55. The number of anilines is 1. The zero-order valence-electron chi connectivity index (χ0n) is 17.7. The molecule has 3 N–H and O–H groups in total. The Bertz CT molecular complexity index is 1080. The van der Waals surface area contributed by atoms with Crippen molar-refractivity contribution in [3.63, 3.8) is 0 Å². The van der Waals surface area contributed by atoms with E-state index in [0.29, 0.717) is 18.3 Å². The average molecular weight is 476 g/mol. The lowest BCUT2D eigenvalue weighted by Crippen LogP contribution is -2.43. The van der Waals surface area contributed by atoms with Crippen LogP contribution in [0.25, 0.3) is 10.2 Å². The zero-order valence-corrected chi connectivity index (χ0v) is 20.0. The van der Waals surface area contributed by atoms with Crippen LogP contribution in [0.3, 0.4) is 0 Å². The molecule has 1 amide bonds. The van der Waals surface area contributed by atoms with E-state index in [2.05, 4.69) is 24.1 Å². The number of aryl methyl sites for hydroxylation is 2. The van der Waals surface area contributed by atoms with E-state index in [1.807, 2.05) is 24.3 Å². The molecule has 0 spiro atoms. The van der Waals surface area contributed by atoms with E-state index in [0.717, 1.165) is 57.7 Å². The first kappa shape index (κ1) is 22.3. The fourth-order valence-electron chi connectivity index (χ4n) is 3.79. The molecule has 0 atom stereocenters. The second-order valence-corrected chi connectivity index (χ2v) is 10.5. The molecule has 3 aromatic rings. The molecule has 0 radical (unpaired) electrons. The number of hydrogen-bond acceptors (Lipinski definition) is 7. The highest BCUT2D eigenvalue weighted by molar-refractivity contribution is 7.98. The molecule has 0 bridgehead atoms. The van der Waals surface area contributed by atoms with Crippen molar-refractivity contribution in [2.45, 2.75) is 43.4 Å². The second kappa shape index (κ2) is 9.73. The SMILES string of the molecule is Cc1sc2nc(CSc3ccc(Cl)cc3)nc(NC3CCN(CC(N)=O)CC3)c2c1C. The fourth-order valence-corrected chi connectivity index (χ4v) is 5.72. The summed E-state index contributed by atoms with van der Waals surface area (Å²) in [6.45, 7) is 6.32. The van der Waals surface area contributed by atoms with Gasteiger partial charge in [0.05, 0.1) is 17.7 Å². The van der Waals surface area contributed by atoms with Gasteiger partial charge in [-0.25, -0.2) is 9.97 Å². The van der Waals surface area contributed by atoms with Crippen molar-refractivity contribution in [2.24, 2.45) is 5.73 Å². The molecular formula is C22H26ClN5OS2. The van der Waals surface area contributed by atoms with Gasteiger partial charge in [-0.1, -0.05) is 11.6 Å². The number of primary amides is 1. The van der Waals surface area contributed by atoms with E-state index < -0.39 is 0 Å². The number of halogens is 1. The molecule has 9 heteroatoms. The van der Waals surface area contributed by atoms with Crippen molar-refractivity contribution in [2.75, 3.05) is 25.0 Å². The van der Waals surface area contributed by atoms with Gasteiger partial charge in [0.1, 0.15) is 16.5 Å². The quantitative estimate of drug-likeness (QED) is 0.485. The lowest BCUT2D eigenvalue weighted by molar-refractivity contribution is -0.119. The Balaban J connectivity index is 1.52. The lowest BCUT2D eigenvalue weighted by Gasteiger charge is -2.31. The van der Waals surface area contributed by atoms with Crippen LogP contribution in [0.5, 0.6) is 0 Å². The summed E-state index contributed by atoms with van der Waals surface area (Å²) in [6, 6.07) is 8.15. The monoisotopic (exact) mass is 475 g/mol. The van der Waals surface area contributed by atoms with Gasteiger partial charge in [-0.05, 0) is 56.5 Å². The minimum absolute atomic E-state index is 0.267. The molecule has 2 aromatic heterocycles. The predicted octanol–water partition coefficient (Wildman–Crippen LogP) is 4.62. The first-order chi connectivity index (χ1) is 14.9. The first-order valence-electron chi connectivity index (χ1n) is 10.3. The van der Waals surface area contributed by atoms with Gasteiger partial charge in [-0.15, -0.1) is 23.1 Å². The molecule has 1 fully saturated rings. The van der Waals surface area contributed by atoms with Crippen molar-refractivity contribution in [3.8, 4) is 0 Å². The molecular weight excluding hydrogens is 450 g/mol. The molecule has 164 valence electrons. The van der Waals surface area contributed by atoms with Crippen LogP contribution < -0.4 is 11.1 Å². The Morgan fingerprint density at radius 1 is 1.26 bits per heavy atom. The maximum Gasteiger partial charge on any atom is 0.231 e. The number of hydrogen-bond donors (Lipinski definition) is 2. The maximum atomic E-state index is 11.2. The van der Waals surface area contributed by atoms with E-state index in [4.69, 9.17) is 27.3 Å². The van der Waals surface area contributed by atoms with Crippen LogP contribution in [0, 0.1) is 13.8 Å². The largest absolute Gasteiger partial charge is 0.369 e. The Kier molecular flexibility index (Phi) is 7.01. The van der Waals surface area contributed by atoms with Gasteiger partial charge in [0, 0.05) is 33.9 Å². The normalized spacial score (nSPS) is 15.5. The molecule has 1 aliphatic rings. The van der Waals surface area contributed by atoms with Crippen molar-refractivity contribution in [1.82, 2.24) is 14.9 Å². The average Bonchev–Trinajstić information content (AvgIpc) is 3.02. The highest BCUT2D eigenvalue weighted by atomic mass is 35.5. The number of nitrogens with one attached hydrogen (secondary N) is 1. The Morgan fingerprint density at radius 3 is 2.65 bits per heavy atom. The van der Waals surface area contributed by atoms with Crippen LogP contribution in [0.4, 0.5) is 5.82 Å². The van der Waals surface area contributed by atoms with Gasteiger partial charge in [0.2, 0.25) is 5.91 Å². The summed E-state index contributed by atoms with van der Waals surface area (Å²) in [7, 11) is 0. The highest BCUT2D eigenvalue weighted by Gasteiger charge is 2.22. The summed E-state index contributed by atoms with van der Waals surface area (Å²) in [4.78, 5) is 26.5. The molecule has 0 unspecified atom stereocenters. The molecule has 0 aliphatic carbocycles. The summed E-state index contributed by atoms with van der Waals surface area (Å²) in [5.74, 6) is 2.17. The minimum atomic E-state index is -0.267. The van der Waals surface area contributed by atoms with E-state index >= 15 is 0 Å². The number of carbonyl (C=O) groups excluding carboxylic acids is 1. The number of piperidine rings is 1. The lowest BCUT2D eigenvalue weighted by atomic mass is 10.0. The third-order valence-corrected chi connectivity index (χ3v) is 7.93. The fraction of sp³-hybridized carbons (Fsp3) is 0.409. The Morgan fingerprint density at radius 2 is 1.97 bits per heavy atom. The number of thioether (sulfide) groups is 1. The molecule has 1 saturated heterocycles. The van der Waals surface area contributed by atoms with Crippen molar-refractivity contribution in [3.05, 3.63) is 45.6 Å². The number of likely N-dealkylation sites (tertiary alicyclic amines) is 1. The standard InChI is InChI=1S/C22H26ClN5OS2/c1-13-14(2)31-22-20(13)21(25-16-7-9-28(10-8-16)11-18(24)29)26-19(27-22)12-30-17-5-3-15(23)4-6-17/h3-6,16H,7-12H2,1-2H3,(H2,24,29)(H,25,26,27). The van der Waals surface area contributed by atoms with Gasteiger partial charge in [0.15, 0.2) is 0 Å². The van der Waals surface area contributed by atoms with Gasteiger partial charge >= 0.3 is 0 Å². The predicted molar refractivity (Wildman–Crippen MR) is 130 cm³/mol. The first-order valence-corrected chi connectivity index (χ1v) is 12.5. The summed E-state index contributed by atoms with van der Waals surface area (Å²) in [5.41, 5.74) is 6.58. The number of amides is 1. The van der Waals surface area contributed by atoms with Gasteiger partial charge in [-0.3, -0.25) is 9.69 Å². The topological polar surface area (TPSA) is 84.1 Å². The van der Waals surface area contributed by atoms with Gasteiger partial charge in [-0.2, -0.15) is 0 Å². The van der Waals surface area contributed by atoms with Crippen LogP contribution in [-0.4, -0.2) is 46.5 Å². The van der Waals surface area contributed by atoms with Gasteiger partial charge in [0.25, 0.3) is 0 Å². The molecule has 4 rings (SSSR count). The number of nitrogens with two attached hydrogens (primary N) is 1. The minimum Gasteiger partial charge on any atom is -0.369 e. The van der Waals surface area contributed by atoms with Gasteiger partial charge < -0.3 is 11.1 Å². The van der Waals surface area contributed by atoms with E-state index in [-0.39, 0.29) is 5.91 Å². The zero-order chi connectivity index (χ0) is 22.0. The van der Waals surface area contributed by atoms with E-state index in [1.165, 1.54) is 10.4 Å². The maximum absolute atomic E-state index is 11.2. The summed E-state index contributed by atoms with van der Waals surface area (Å²) >= 11 is 9.42. The number of thiophene rings is 1. The Labute approximate surface area is 195 Å². The van der Waals surface area contributed by atoms with Crippen LogP contribution in [0.15, 0.2) is 29.2 Å².